The molecule has 1 rings (SSSR count). The van der Waals surface area contributed by atoms with Crippen molar-refractivity contribution in [3.63, 3.8) is 0 Å². The van der Waals surface area contributed by atoms with Crippen molar-refractivity contribution in [2.45, 2.75) is 32.4 Å². The molecule has 1 aliphatic heterocycles. The van der Waals surface area contributed by atoms with E-state index >= 15 is 0 Å². The molecule has 0 aliphatic carbocycles. The van der Waals surface area contributed by atoms with E-state index in [2.05, 4.69) is 32.7 Å². The van der Waals surface area contributed by atoms with Crippen molar-refractivity contribution in [1.29, 1.82) is 0 Å². The Balaban J connectivity index is 2.58. The Labute approximate surface area is 73.7 Å². The molecular formula is C9H17NS. The Hall–Kier alpha value is 0.0200. The number of aliphatic imine (C=N–C) groups is 1. The molecule has 0 spiro atoms. The van der Waals surface area contributed by atoms with Gasteiger partial charge < -0.3 is 0 Å². The molecular weight excluding hydrogens is 154 g/mol. The van der Waals surface area contributed by atoms with Crippen molar-refractivity contribution in [2.24, 2.45) is 10.9 Å². The Morgan fingerprint density at radius 3 is 2.45 bits per heavy atom. The van der Waals surface area contributed by atoms with E-state index in [1.165, 1.54) is 5.71 Å². The summed E-state index contributed by atoms with van der Waals surface area (Å²) in [6.07, 6.45) is 0. The van der Waals surface area contributed by atoms with Gasteiger partial charge in [-0.25, -0.2) is 0 Å². The van der Waals surface area contributed by atoms with Gasteiger partial charge in [0.05, 0.1) is 6.54 Å². The summed E-state index contributed by atoms with van der Waals surface area (Å²) in [6, 6.07) is 0. The fraction of sp³-hybridized carbons (Fsp3) is 0.889. The average molecular weight is 171 g/mol. The van der Waals surface area contributed by atoms with Crippen LogP contribution in [0.2, 0.25) is 0 Å². The number of hydrogen-bond donors (Lipinski definition) is 0. The van der Waals surface area contributed by atoms with Gasteiger partial charge in [0, 0.05) is 16.2 Å². The van der Waals surface area contributed by atoms with Gasteiger partial charge >= 0.3 is 0 Å². The van der Waals surface area contributed by atoms with Gasteiger partial charge in [0.15, 0.2) is 0 Å². The van der Waals surface area contributed by atoms with E-state index in [9.17, 15) is 0 Å². The molecule has 0 unspecified atom stereocenters. The van der Waals surface area contributed by atoms with Crippen molar-refractivity contribution in [2.75, 3.05) is 12.3 Å². The molecule has 0 atom stereocenters. The Morgan fingerprint density at radius 2 is 2.09 bits per heavy atom. The summed E-state index contributed by atoms with van der Waals surface area (Å²) in [5.74, 6) is 1.77. The fourth-order valence-corrected chi connectivity index (χ4v) is 2.12. The molecule has 0 saturated heterocycles. The zero-order chi connectivity index (χ0) is 8.48. The van der Waals surface area contributed by atoms with Crippen molar-refractivity contribution < 1.29 is 0 Å². The van der Waals surface area contributed by atoms with E-state index in [4.69, 9.17) is 0 Å². The zero-order valence-corrected chi connectivity index (χ0v) is 8.66. The minimum Gasteiger partial charge on any atom is -0.292 e. The van der Waals surface area contributed by atoms with E-state index in [0.717, 1.165) is 12.3 Å². The first-order valence-electron chi connectivity index (χ1n) is 4.18. The second kappa shape index (κ2) is 3.18. The highest BCUT2D eigenvalue weighted by Gasteiger charge is 2.23. The van der Waals surface area contributed by atoms with Gasteiger partial charge in [-0.2, -0.15) is 0 Å². The lowest BCUT2D eigenvalue weighted by atomic mass is 10.1. The van der Waals surface area contributed by atoms with Crippen LogP contribution < -0.4 is 0 Å². The van der Waals surface area contributed by atoms with Gasteiger partial charge in [0.1, 0.15) is 0 Å². The molecule has 0 N–H and O–H groups in total. The summed E-state index contributed by atoms with van der Waals surface area (Å²) in [6.45, 7) is 9.96. The third kappa shape index (κ3) is 2.51. The Bertz CT molecular complexity index is 170. The maximum atomic E-state index is 4.58. The van der Waals surface area contributed by atoms with E-state index < -0.39 is 0 Å². The van der Waals surface area contributed by atoms with Gasteiger partial charge in [0.25, 0.3) is 0 Å². The van der Waals surface area contributed by atoms with Crippen LogP contribution in [-0.2, 0) is 0 Å². The van der Waals surface area contributed by atoms with Gasteiger partial charge in [-0.3, -0.25) is 4.99 Å². The molecule has 11 heavy (non-hydrogen) atoms. The van der Waals surface area contributed by atoms with Gasteiger partial charge in [-0.1, -0.05) is 13.8 Å². The lowest BCUT2D eigenvalue weighted by Crippen LogP contribution is -2.29. The number of nitrogens with zero attached hydrogens (tertiary/aromatic N) is 1. The minimum atomic E-state index is 0.373. The summed E-state index contributed by atoms with van der Waals surface area (Å²) in [5.41, 5.74) is 1.38. The highest BCUT2D eigenvalue weighted by molar-refractivity contribution is 8.01. The summed E-state index contributed by atoms with van der Waals surface area (Å²) >= 11 is 2.03. The Kier molecular flexibility index (Phi) is 2.63. The predicted octanol–water partition coefficient (Wildman–Crippen LogP) is 2.61. The van der Waals surface area contributed by atoms with Crippen molar-refractivity contribution in [3.8, 4) is 0 Å². The normalized spacial score (nSPS) is 23.5. The smallest absolute Gasteiger partial charge is 0.0531 e. The summed E-state index contributed by atoms with van der Waals surface area (Å²) in [4.78, 5) is 4.58. The molecule has 0 fully saturated rings. The van der Waals surface area contributed by atoms with E-state index in [1.807, 2.05) is 11.8 Å². The number of rotatable bonds is 1. The van der Waals surface area contributed by atoms with Crippen LogP contribution in [0.5, 0.6) is 0 Å². The van der Waals surface area contributed by atoms with E-state index in [1.54, 1.807) is 0 Å². The molecule has 2 heteroatoms. The van der Waals surface area contributed by atoms with Crippen molar-refractivity contribution >= 4 is 17.5 Å². The van der Waals surface area contributed by atoms with Crippen molar-refractivity contribution in [3.05, 3.63) is 0 Å². The van der Waals surface area contributed by atoms with E-state index in [-0.39, 0.29) is 0 Å². The molecule has 0 bridgehead atoms. The SMILES string of the molecule is CC(C)C1=NCC(C)(C)SC1. The topological polar surface area (TPSA) is 12.4 Å². The number of thioether (sulfide) groups is 1. The van der Waals surface area contributed by atoms with Crippen LogP contribution in [0, 0.1) is 5.92 Å². The van der Waals surface area contributed by atoms with Crippen LogP contribution >= 0.6 is 11.8 Å². The van der Waals surface area contributed by atoms with E-state index in [0.29, 0.717) is 10.7 Å². The second-order valence-electron chi connectivity index (χ2n) is 4.01. The maximum absolute atomic E-state index is 4.58. The standard InChI is InChI=1S/C9H17NS/c1-7(2)8-5-11-9(3,4)6-10-8/h7H,5-6H2,1-4H3. The molecule has 64 valence electrons. The summed E-state index contributed by atoms with van der Waals surface area (Å²) in [5, 5.41) is 0. The third-order valence-corrected chi connectivity index (χ3v) is 3.29. The molecule has 1 heterocycles. The van der Waals surface area contributed by atoms with Gasteiger partial charge in [-0.15, -0.1) is 11.8 Å². The molecule has 0 aromatic carbocycles. The zero-order valence-electron chi connectivity index (χ0n) is 7.85. The lowest BCUT2D eigenvalue weighted by Gasteiger charge is -2.28. The monoisotopic (exact) mass is 171 g/mol. The van der Waals surface area contributed by atoms with Crippen LogP contribution in [0.3, 0.4) is 0 Å². The minimum absolute atomic E-state index is 0.373. The molecule has 0 saturated carbocycles. The highest BCUT2D eigenvalue weighted by atomic mass is 32.2. The predicted molar refractivity (Wildman–Crippen MR) is 53.7 cm³/mol. The van der Waals surface area contributed by atoms with Crippen LogP contribution in [0.25, 0.3) is 0 Å². The van der Waals surface area contributed by atoms with Crippen LogP contribution in [0.15, 0.2) is 4.99 Å². The molecule has 0 radical (unpaired) electrons. The van der Waals surface area contributed by atoms with Crippen LogP contribution in [0.1, 0.15) is 27.7 Å². The average Bonchev–Trinajstić information content (AvgIpc) is 1.86. The third-order valence-electron chi connectivity index (χ3n) is 1.94. The largest absolute Gasteiger partial charge is 0.292 e. The maximum Gasteiger partial charge on any atom is 0.0531 e. The van der Waals surface area contributed by atoms with Crippen molar-refractivity contribution in [1.82, 2.24) is 0 Å². The Morgan fingerprint density at radius 1 is 1.45 bits per heavy atom. The summed E-state index contributed by atoms with van der Waals surface area (Å²) < 4.78 is 0.373. The molecule has 1 nitrogen and oxygen atoms in total. The van der Waals surface area contributed by atoms with Crippen LogP contribution in [-0.4, -0.2) is 22.8 Å². The molecule has 1 aliphatic rings. The fourth-order valence-electron chi connectivity index (χ4n) is 1.00. The first-order valence-corrected chi connectivity index (χ1v) is 5.17. The quantitative estimate of drug-likeness (QED) is 0.591. The first kappa shape index (κ1) is 9.11. The molecule has 0 aromatic heterocycles. The lowest BCUT2D eigenvalue weighted by molar-refractivity contribution is 0.707. The molecule has 0 aromatic rings. The second-order valence-corrected chi connectivity index (χ2v) is 5.69. The van der Waals surface area contributed by atoms with Gasteiger partial charge in [-0.05, 0) is 19.8 Å². The van der Waals surface area contributed by atoms with Gasteiger partial charge in [0.2, 0.25) is 0 Å². The first-order chi connectivity index (χ1) is 5.01. The van der Waals surface area contributed by atoms with Crippen LogP contribution in [0.4, 0.5) is 0 Å². The molecule has 0 amide bonds. The summed E-state index contributed by atoms with van der Waals surface area (Å²) in [7, 11) is 0. The highest BCUT2D eigenvalue weighted by Crippen LogP contribution is 2.29. The number of hydrogen-bond acceptors (Lipinski definition) is 2.